The molecule has 2 fully saturated rings. The van der Waals surface area contributed by atoms with Gasteiger partial charge in [0.15, 0.2) is 0 Å². The Bertz CT molecular complexity index is 924. The summed E-state index contributed by atoms with van der Waals surface area (Å²) in [6.07, 6.45) is 7.83. The number of hydrogen-bond acceptors (Lipinski definition) is 4. The number of fused-ring (bicyclic) bond motifs is 1. The summed E-state index contributed by atoms with van der Waals surface area (Å²) in [5.74, 6) is -0.244. The monoisotopic (exact) mass is 433 g/mol. The van der Waals surface area contributed by atoms with Gasteiger partial charge in [-0.05, 0) is 62.8 Å². The molecule has 3 aliphatic rings. The predicted octanol–water partition coefficient (Wildman–Crippen LogP) is 2.59. The Morgan fingerprint density at radius 1 is 1.10 bits per heavy atom. The second kappa shape index (κ2) is 8.67. The van der Waals surface area contributed by atoms with Crippen LogP contribution >= 0.6 is 0 Å². The smallest absolute Gasteiger partial charge is 0.243 e. The normalized spacial score (nSPS) is 23.4. The molecule has 1 aliphatic carbocycles. The summed E-state index contributed by atoms with van der Waals surface area (Å²) in [6, 6.07) is 5.17. The van der Waals surface area contributed by atoms with Crippen LogP contribution in [-0.4, -0.2) is 49.7 Å². The molecule has 1 saturated heterocycles. The molecule has 4 rings (SSSR count). The Morgan fingerprint density at radius 2 is 1.83 bits per heavy atom. The van der Waals surface area contributed by atoms with Crippen LogP contribution in [0.3, 0.4) is 0 Å². The standard InChI is InChI=1S/C22H31N3O4S/c1-16-6-4-5-13-25(16)30(28,29)19-10-11-20-17(14-19)9-12-22(27)24(20)15-21(26)23-18-7-2-3-8-18/h10-11,14,16,18H,2-9,12-13,15H2,1H3,(H,23,26)/t16-/m1/s1. The van der Waals surface area contributed by atoms with E-state index in [-0.39, 0.29) is 41.8 Å². The Hall–Kier alpha value is -1.93. The minimum atomic E-state index is -3.56. The zero-order chi connectivity index (χ0) is 21.3. The molecule has 2 aliphatic heterocycles. The van der Waals surface area contributed by atoms with Gasteiger partial charge in [0.25, 0.3) is 0 Å². The van der Waals surface area contributed by atoms with Crippen molar-refractivity contribution < 1.29 is 18.0 Å². The zero-order valence-corrected chi connectivity index (χ0v) is 18.4. The van der Waals surface area contributed by atoms with Gasteiger partial charge in [-0.3, -0.25) is 9.59 Å². The van der Waals surface area contributed by atoms with Crippen LogP contribution in [0.1, 0.15) is 63.9 Å². The van der Waals surface area contributed by atoms with Gasteiger partial charge < -0.3 is 10.2 Å². The quantitative estimate of drug-likeness (QED) is 0.773. The maximum atomic E-state index is 13.2. The highest BCUT2D eigenvalue weighted by molar-refractivity contribution is 7.89. The van der Waals surface area contributed by atoms with Crippen LogP contribution in [-0.2, 0) is 26.0 Å². The number of hydrogen-bond donors (Lipinski definition) is 1. The number of sulfonamides is 1. The SMILES string of the molecule is C[C@@H]1CCCCN1S(=O)(=O)c1ccc2c(c1)CCC(=O)N2CC(=O)NC1CCCC1. The summed E-state index contributed by atoms with van der Waals surface area (Å²) in [7, 11) is -3.56. The van der Waals surface area contributed by atoms with Crippen LogP contribution in [0.2, 0.25) is 0 Å². The summed E-state index contributed by atoms with van der Waals surface area (Å²) in [5.41, 5.74) is 1.47. The first-order valence-corrected chi connectivity index (χ1v) is 12.5. The van der Waals surface area contributed by atoms with Gasteiger partial charge in [-0.15, -0.1) is 0 Å². The lowest BCUT2D eigenvalue weighted by molar-refractivity contribution is -0.124. The zero-order valence-electron chi connectivity index (χ0n) is 17.6. The number of carbonyl (C=O) groups is 2. The lowest BCUT2D eigenvalue weighted by atomic mass is 10.0. The molecule has 2 amide bonds. The molecule has 30 heavy (non-hydrogen) atoms. The number of benzene rings is 1. The van der Waals surface area contributed by atoms with Gasteiger partial charge >= 0.3 is 0 Å². The van der Waals surface area contributed by atoms with Crippen molar-refractivity contribution >= 4 is 27.5 Å². The van der Waals surface area contributed by atoms with Gasteiger partial charge in [-0.2, -0.15) is 4.31 Å². The molecule has 1 atom stereocenters. The maximum absolute atomic E-state index is 13.2. The fraction of sp³-hybridized carbons (Fsp3) is 0.636. The summed E-state index contributed by atoms with van der Waals surface area (Å²) < 4.78 is 28.0. The third kappa shape index (κ3) is 4.25. The van der Waals surface area contributed by atoms with Crippen LogP contribution in [0.5, 0.6) is 0 Å². The molecule has 1 aromatic rings. The third-order valence-electron chi connectivity index (χ3n) is 6.62. The fourth-order valence-corrected chi connectivity index (χ4v) is 6.67. The van der Waals surface area contributed by atoms with E-state index in [9.17, 15) is 18.0 Å². The van der Waals surface area contributed by atoms with E-state index in [2.05, 4.69) is 5.32 Å². The maximum Gasteiger partial charge on any atom is 0.243 e. The van der Waals surface area contributed by atoms with E-state index in [4.69, 9.17) is 0 Å². The molecule has 164 valence electrons. The Balaban J connectivity index is 1.54. The lowest BCUT2D eigenvalue weighted by Crippen LogP contribution is -2.45. The van der Waals surface area contributed by atoms with Crippen LogP contribution < -0.4 is 10.2 Å². The Morgan fingerprint density at radius 3 is 2.57 bits per heavy atom. The molecule has 1 N–H and O–H groups in total. The van der Waals surface area contributed by atoms with E-state index in [1.165, 1.54) is 4.90 Å². The van der Waals surface area contributed by atoms with Gasteiger partial charge in [0.2, 0.25) is 21.8 Å². The molecule has 1 aromatic carbocycles. The first kappa shape index (κ1) is 21.3. The van der Waals surface area contributed by atoms with E-state index < -0.39 is 10.0 Å². The Kier molecular flexibility index (Phi) is 6.16. The Labute approximate surface area is 178 Å². The molecule has 1 saturated carbocycles. The third-order valence-corrected chi connectivity index (χ3v) is 8.63. The summed E-state index contributed by atoms with van der Waals surface area (Å²) in [4.78, 5) is 26.8. The topological polar surface area (TPSA) is 86.8 Å². The lowest BCUT2D eigenvalue weighted by Gasteiger charge is -2.33. The van der Waals surface area contributed by atoms with Gasteiger partial charge in [-0.1, -0.05) is 19.3 Å². The second-order valence-electron chi connectivity index (χ2n) is 8.78. The van der Waals surface area contributed by atoms with Crippen molar-refractivity contribution in [2.75, 3.05) is 18.0 Å². The first-order valence-electron chi connectivity index (χ1n) is 11.1. The fourth-order valence-electron chi connectivity index (χ4n) is 4.92. The minimum absolute atomic E-state index is 0.00265. The largest absolute Gasteiger partial charge is 0.352 e. The van der Waals surface area contributed by atoms with Crippen molar-refractivity contribution in [3.63, 3.8) is 0 Å². The predicted molar refractivity (Wildman–Crippen MR) is 115 cm³/mol. The molecular formula is C22H31N3O4S. The van der Waals surface area contributed by atoms with Crippen molar-refractivity contribution in [2.24, 2.45) is 0 Å². The highest BCUT2D eigenvalue weighted by atomic mass is 32.2. The van der Waals surface area contributed by atoms with Crippen LogP contribution in [0, 0.1) is 0 Å². The van der Waals surface area contributed by atoms with Gasteiger partial charge in [-0.25, -0.2) is 8.42 Å². The van der Waals surface area contributed by atoms with E-state index in [0.717, 1.165) is 50.5 Å². The molecular weight excluding hydrogens is 402 g/mol. The second-order valence-corrected chi connectivity index (χ2v) is 10.7. The van der Waals surface area contributed by atoms with Crippen molar-refractivity contribution in [2.45, 2.75) is 81.7 Å². The van der Waals surface area contributed by atoms with Crippen LogP contribution in [0.4, 0.5) is 5.69 Å². The number of anilines is 1. The van der Waals surface area contributed by atoms with Crippen molar-refractivity contribution in [3.05, 3.63) is 23.8 Å². The molecule has 7 nitrogen and oxygen atoms in total. The average Bonchev–Trinajstić information content (AvgIpc) is 3.23. The highest BCUT2D eigenvalue weighted by Gasteiger charge is 2.33. The number of nitrogens with one attached hydrogen (secondary N) is 1. The number of piperidine rings is 1. The summed E-state index contributed by atoms with van der Waals surface area (Å²) >= 11 is 0. The molecule has 0 radical (unpaired) electrons. The molecule has 0 bridgehead atoms. The highest BCUT2D eigenvalue weighted by Crippen LogP contribution is 2.32. The molecule has 2 heterocycles. The van der Waals surface area contributed by atoms with E-state index in [1.807, 2.05) is 6.92 Å². The number of amides is 2. The number of carbonyl (C=O) groups excluding carboxylic acids is 2. The number of rotatable bonds is 5. The van der Waals surface area contributed by atoms with Gasteiger partial charge in [0, 0.05) is 30.7 Å². The summed E-state index contributed by atoms with van der Waals surface area (Å²) in [6.45, 7) is 2.49. The van der Waals surface area contributed by atoms with E-state index in [1.54, 1.807) is 22.5 Å². The van der Waals surface area contributed by atoms with Crippen molar-refractivity contribution in [1.82, 2.24) is 9.62 Å². The minimum Gasteiger partial charge on any atom is -0.352 e. The van der Waals surface area contributed by atoms with Crippen molar-refractivity contribution in [3.8, 4) is 0 Å². The van der Waals surface area contributed by atoms with E-state index >= 15 is 0 Å². The van der Waals surface area contributed by atoms with Gasteiger partial charge in [0.05, 0.1) is 4.90 Å². The molecule has 0 unspecified atom stereocenters. The first-order chi connectivity index (χ1) is 14.4. The average molecular weight is 434 g/mol. The molecule has 8 heteroatoms. The number of aryl methyl sites for hydroxylation is 1. The van der Waals surface area contributed by atoms with Gasteiger partial charge in [0.1, 0.15) is 6.54 Å². The van der Waals surface area contributed by atoms with Crippen molar-refractivity contribution in [1.29, 1.82) is 0 Å². The van der Waals surface area contributed by atoms with Crippen LogP contribution in [0.15, 0.2) is 23.1 Å². The molecule has 0 spiro atoms. The van der Waals surface area contributed by atoms with E-state index in [0.29, 0.717) is 18.7 Å². The van der Waals surface area contributed by atoms with Crippen LogP contribution in [0.25, 0.3) is 0 Å². The molecule has 0 aromatic heterocycles. The number of nitrogens with zero attached hydrogens (tertiary/aromatic N) is 2. The summed E-state index contributed by atoms with van der Waals surface area (Å²) in [5, 5.41) is 3.03.